The Balaban J connectivity index is 2.05. The van der Waals surface area contributed by atoms with Crippen molar-refractivity contribution < 1.29 is 5.11 Å². The van der Waals surface area contributed by atoms with Crippen LogP contribution in [0.5, 0.6) is 5.75 Å². The van der Waals surface area contributed by atoms with Gasteiger partial charge in [0.2, 0.25) is 0 Å². The Labute approximate surface area is 99.5 Å². The minimum absolute atomic E-state index is 0.202. The number of rotatable bonds is 8. The van der Waals surface area contributed by atoms with Gasteiger partial charge in [0.25, 0.3) is 0 Å². The molecule has 1 aromatic carbocycles. The summed E-state index contributed by atoms with van der Waals surface area (Å²) in [6, 6.07) is 7.39. The summed E-state index contributed by atoms with van der Waals surface area (Å²) >= 11 is 0. The SMILES string of the molecule is CCCCCCCCCc1ccccc1[O]. The highest BCUT2D eigenvalue weighted by Crippen LogP contribution is 2.19. The van der Waals surface area contributed by atoms with Crippen LogP contribution in [-0.4, -0.2) is 0 Å². The van der Waals surface area contributed by atoms with E-state index < -0.39 is 0 Å². The van der Waals surface area contributed by atoms with Crippen molar-refractivity contribution >= 4 is 0 Å². The normalized spacial score (nSPS) is 10.6. The molecule has 0 aliphatic rings. The summed E-state index contributed by atoms with van der Waals surface area (Å²) in [6.07, 6.45) is 10.1. The molecule has 0 aliphatic heterocycles. The summed E-state index contributed by atoms with van der Waals surface area (Å²) in [5, 5.41) is 11.4. The van der Waals surface area contributed by atoms with E-state index in [1.165, 1.54) is 38.5 Å². The molecule has 89 valence electrons. The van der Waals surface area contributed by atoms with Gasteiger partial charge in [-0.25, -0.2) is 0 Å². The molecular weight excluding hydrogens is 196 g/mol. The summed E-state index contributed by atoms with van der Waals surface area (Å²) in [6.45, 7) is 2.24. The predicted octanol–water partition coefficient (Wildman–Crippen LogP) is 5.12. The maximum atomic E-state index is 11.4. The first kappa shape index (κ1) is 13.1. The molecule has 0 saturated carbocycles. The van der Waals surface area contributed by atoms with Crippen molar-refractivity contribution in [2.45, 2.75) is 58.3 Å². The van der Waals surface area contributed by atoms with Crippen LogP contribution < -0.4 is 0 Å². The van der Waals surface area contributed by atoms with Gasteiger partial charge in [-0.05, 0) is 24.5 Å². The Bertz CT molecular complexity index is 281. The Morgan fingerprint density at radius 3 is 2.19 bits per heavy atom. The van der Waals surface area contributed by atoms with Crippen molar-refractivity contribution in [1.82, 2.24) is 0 Å². The molecule has 0 N–H and O–H groups in total. The van der Waals surface area contributed by atoms with Gasteiger partial charge in [-0.15, -0.1) is 0 Å². The number of para-hydroxylation sites is 1. The molecule has 0 bridgehead atoms. The third-order valence-electron chi connectivity index (χ3n) is 3.02. The van der Waals surface area contributed by atoms with Crippen molar-refractivity contribution in [1.29, 1.82) is 0 Å². The molecule has 1 radical (unpaired) electrons. The zero-order chi connectivity index (χ0) is 11.6. The molecule has 0 aromatic heterocycles. The lowest BCUT2D eigenvalue weighted by Crippen LogP contribution is -1.86. The van der Waals surface area contributed by atoms with E-state index in [1.54, 1.807) is 6.07 Å². The zero-order valence-electron chi connectivity index (χ0n) is 10.4. The number of benzene rings is 1. The monoisotopic (exact) mass is 219 g/mol. The van der Waals surface area contributed by atoms with E-state index in [1.807, 2.05) is 18.2 Å². The Morgan fingerprint density at radius 2 is 1.50 bits per heavy atom. The molecule has 0 fully saturated rings. The quantitative estimate of drug-likeness (QED) is 0.540. The van der Waals surface area contributed by atoms with Gasteiger partial charge in [-0.2, -0.15) is 0 Å². The summed E-state index contributed by atoms with van der Waals surface area (Å²) in [5.74, 6) is 0.202. The highest BCUT2D eigenvalue weighted by Gasteiger charge is 2.00. The molecule has 0 aliphatic carbocycles. The van der Waals surface area contributed by atoms with E-state index in [0.29, 0.717) is 0 Å². The van der Waals surface area contributed by atoms with Crippen LogP contribution in [0.1, 0.15) is 57.4 Å². The van der Waals surface area contributed by atoms with Crippen LogP contribution in [0.3, 0.4) is 0 Å². The smallest absolute Gasteiger partial charge is 0.181 e. The number of unbranched alkanes of at least 4 members (excludes halogenated alkanes) is 6. The highest BCUT2D eigenvalue weighted by atomic mass is 16.3. The molecule has 0 heterocycles. The van der Waals surface area contributed by atoms with Crippen molar-refractivity contribution in [3.63, 3.8) is 0 Å². The summed E-state index contributed by atoms with van der Waals surface area (Å²) in [7, 11) is 0. The van der Waals surface area contributed by atoms with Gasteiger partial charge in [0.15, 0.2) is 5.75 Å². The fourth-order valence-electron chi connectivity index (χ4n) is 1.98. The maximum Gasteiger partial charge on any atom is 0.181 e. The van der Waals surface area contributed by atoms with E-state index in [0.717, 1.165) is 18.4 Å². The van der Waals surface area contributed by atoms with Gasteiger partial charge < -0.3 is 0 Å². The molecular formula is C15H23O. The van der Waals surface area contributed by atoms with Crippen LogP contribution in [-0.2, 0) is 11.5 Å². The number of aryl methyl sites for hydroxylation is 1. The molecule has 16 heavy (non-hydrogen) atoms. The average Bonchev–Trinajstić information content (AvgIpc) is 2.30. The summed E-state index contributed by atoms with van der Waals surface area (Å²) < 4.78 is 0. The molecule has 1 aromatic rings. The Kier molecular flexibility index (Phi) is 6.71. The first-order valence-electron chi connectivity index (χ1n) is 6.59. The average molecular weight is 219 g/mol. The topological polar surface area (TPSA) is 19.9 Å². The van der Waals surface area contributed by atoms with E-state index in [2.05, 4.69) is 6.92 Å². The summed E-state index contributed by atoms with van der Waals surface area (Å²) in [4.78, 5) is 0. The third kappa shape index (κ3) is 5.20. The number of hydrogen-bond acceptors (Lipinski definition) is 0. The second kappa shape index (κ2) is 8.20. The predicted molar refractivity (Wildman–Crippen MR) is 68.3 cm³/mol. The minimum atomic E-state index is 0.202. The molecule has 0 saturated heterocycles. The molecule has 1 nitrogen and oxygen atoms in total. The van der Waals surface area contributed by atoms with Crippen LogP contribution in [0.2, 0.25) is 0 Å². The van der Waals surface area contributed by atoms with Crippen LogP contribution in [0.25, 0.3) is 0 Å². The maximum absolute atomic E-state index is 11.4. The molecule has 0 amide bonds. The second-order valence-electron chi connectivity index (χ2n) is 4.48. The minimum Gasteiger partial charge on any atom is -0.290 e. The van der Waals surface area contributed by atoms with Gasteiger partial charge in [0.1, 0.15) is 0 Å². The van der Waals surface area contributed by atoms with Crippen LogP contribution in [0.15, 0.2) is 24.3 Å². The van der Waals surface area contributed by atoms with Gasteiger partial charge in [0, 0.05) is 0 Å². The fourth-order valence-corrected chi connectivity index (χ4v) is 1.98. The van der Waals surface area contributed by atoms with E-state index in [4.69, 9.17) is 0 Å². The van der Waals surface area contributed by atoms with Crippen LogP contribution in [0.4, 0.5) is 0 Å². The molecule has 0 unspecified atom stereocenters. The number of hydrogen-bond donors (Lipinski definition) is 0. The largest absolute Gasteiger partial charge is 0.290 e. The van der Waals surface area contributed by atoms with E-state index in [-0.39, 0.29) is 5.75 Å². The fraction of sp³-hybridized carbons (Fsp3) is 0.600. The lowest BCUT2D eigenvalue weighted by Gasteiger charge is -2.02. The van der Waals surface area contributed by atoms with Crippen LogP contribution >= 0.6 is 0 Å². The van der Waals surface area contributed by atoms with E-state index in [9.17, 15) is 5.11 Å². The third-order valence-corrected chi connectivity index (χ3v) is 3.02. The molecule has 1 heteroatoms. The lowest BCUT2D eigenvalue weighted by molar-refractivity contribution is 0.349. The molecule has 1 rings (SSSR count). The molecule has 0 spiro atoms. The van der Waals surface area contributed by atoms with Gasteiger partial charge in [0.05, 0.1) is 0 Å². The standard InChI is InChI=1S/C15H23O/c1-2-3-4-5-6-7-8-11-14-12-9-10-13-15(14)16/h9-10,12-13H,2-8,11H2,1H3. The van der Waals surface area contributed by atoms with Gasteiger partial charge >= 0.3 is 0 Å². The van der Waals surface area contributed by atoms with Crippen molar-refractivity contribution in [3.05, 3.63) is 29.8 Å². The Morgan fingerprint density at radius 1 is 0.875 bits per heavy atom. The van der Waals surface area contributed by atoms with Gasteiger partial charge in [-0.1, -0.05) is 63.6 Å². The summed E-state index contributed by atoms with van der Waals surface area (Å²) in [5.41, 5.74) is 0.982. The van der Waals surface area contributed by atoms with Crippen molar-refractivity contribution in [2.75, 3.05) is 0 Å². The van der Waals surface area contributed by atoms with E-state index >= 15 is 0 Å². The Hall–Kier alpha value is -0.980. The van der Waals surface area contributed by atoms with Gasteiger partial charge in [-0.3, -0.25) is 5.11 Å². The van der Waals surface area contributed by atoms with Crippen molar-refractivity contribution in [3.8, 4) is 5.75 Å². The highest BCUT2D eigenvalue weighted by molar-refractivity contribution is 5.31. The second-order valence-corrected chi connectivity index (χ2v) is 4.48. The molecule has 0 atom stereocenters. The van der Waals surface area contributed by atoms with Crippen molar-refractivity contribution in [2.24, 2.45) is 0 Å². The first-order valence-corrected chi connectivity index (χ1v) is 6.59. The first-order chi connectivity index (χ1) is 7.84. The van der Waals surface area contributed by atoms with Crippen LogP contribution in [0, 0.1) is 0 Å². The zero-order valence-corrected chi connectivity index (χ0v) is 10.4. The lowest BCUT2D eigenvalue weighted by atomic mass is 10.0.